The normalized spacial score (nSPS) is 22.4. The van der Waals surface area contributed by atoms with E-state index in [4.69, 9.17) is 13.9 Å². The number of benzene rings is 2. The third-order valence-corrected chi connectivity index (χ3v) is 8.15. The summed E-state index contributed by atoms with van der Waals surface area (Å²) >= 11 is 0. The van der Waals surface area contributed by atoms with E-state index in [0.29, 0.717) is 47.6 Å². The summed E-state index contributed by atoms with van der Waals surface area (Å²) in [4.78, 5) is 29.2. The number of hydrogen-bond donors (Lipinski definition) is 1. The van der Waals surface area contributed by atoms with Crippen molar-refractivity contribution in [3.8, 4) is 11.5 Å². The number of furan rings is 1. The van der Waals surface area contributed by atoms with E-state index >= 15 is 0 Å². The highest BCUT2D eigenvalue weighted by Gasteiger charge is 2.52. The molecule has 1 saturated carbocycles. The molecule has 1 fully saturated rings. The summed E-state index contributed by atoms with van der Waals surface area (Å²) in [6, 6.07) is 17.5. The van der Waals surface area contributed by atoms with Gasteiger partial charge in [0, 0.05) is 13.0 Å². The van der Waals surface area contributed by atoms with E-state index in [-0.39, 0.29) is 18.4 Å². The third-order valence-electron chi connectivity index (χ3n) is 8.15. The van der Waals surface area contributed by atoms with Crippen molar-refractivity contribution < 1.29 is 23.5 Å². The van der Waals surface area contributed by atoms with E-state index in [2.05, 4.69) is 29.6 Å². The number of nitrogens with zero attached hydrogens (tertiary/aromatic N) is 1. The highest BCUT2D eigenvalue weighted by atomic mass is 16.5. The monoisotopic (exact) mass is 502 g/mol. The molecule has 3 aromatic rings. The lowest BCUT2D eigenvalue weighted by atomic mass is 9.62. The van der Waals surface area contributed by atoms with Crippen LogP contribution in [0.1, 0.15) is 43.1 Å². The van der Waals surface area contributed by atoms with Gasteiger partial charge in [0.25, 0.3) is 0 Å². The minimum absolute atomic E-state index is 0.150. The Morgan fingerprint density at radius 1 is 1.03 bits per heavy atom. The van der Waals surface area contributed by atoms with Gasteiger partial charge >= 0.3 is 0 Å². The van der Waals surface area contributed by atoms with Gasteiger partial charge < -0.3 is 24.1 Å². The highest BCUT2D eigenvalue weighted by molar-refractivity contribution is 6.01. The van der Waals surface area contributed by atoms with Gasteiger partial charge in [0.05, 0.1) is 32.7 Å². The van der Waals surface area contributed by atoms with E-state index in [9.17, 15) is 9.59 Å². The predicted molar refractivity (Wildman–Crippen MR) is 141 cm³/mol. The van der Waals surface area contributed by atoms with Crippen molar-refractivity contribution in [3.05, 3.63) is 77.7 Å². The molecule has 7 heteroatoms. The van der Waals surface area contributed by atoms with Gasteiger partial charge in [-0.05, 0) is 79.3 Å². The smallest absolute Gasteiger partial charge is 0.250 e. The fraction of sp³-hybridized carbons (Fsp3) is 0.400. The zero-order chi connectivity index (χ0) is 26.0. The Morgan fingerprint density at radius 2 is 1.78 bits per heavy atom. The minimum atomic E-state index is -1.02. The zero-order valence-corrected chi connectivity index (χ0v) is 21.7. The molecule has 0 saturated heterocycles. The first-order valence-corrected chi connectivity index (χ1v) is 12.8. The van der Waals surface area contributed by atoms with Crippen molar-refractivity contribution in [1.82, 2.24) is 4.90 Å². The van der Waals surface area contributed by atoms with Crippen LogP contribution in [-0.4, -0.2) is 36.5 Å². The molecule has 37 heavy (non-hydrogen) atoms. The summed E-state index contributed by atoms with van der Waals surface area (Å²) in [6.07, 6.45) is 5.57. The molecular weight excluding hydrogens is 468 g/mol. The summed E-state index contributed by atoms with van der Waals surface area (Å²) in [5, 5.41) is 3.11. The van der Waals surface area contributed by atoms with Gasteiger partial charge in [-0.2, -0.15) is 0 Å². The van der Waals surface area contributed by atoms with Crippen LogP contribution < -0.4 is 14.8 Å². The second-order valence-corrected chi connectivity index (χ2v) is 10.2. The second-order valence-electron chi connectivity index (χ2n) is 10.2. The Balaban J connectivity index is 1.51. The van der Waals surface area contributed by atoms with Crippen LogP contribution in [0.3, 0.4) is 0 Å². The largest absolute Gasteiger partial charge is 0.497 e. The average molecular weight is 503 g/mol. The standard InChI is InChI=1S/C30H34N2O5/c1-20(33)32(19-26-9-6-14-37-26)30(29(34)31-27-11-10-25(35-2)17-28(27)36-3)13-12-23-15-21-7-4-5-8-22(21)16-24(23)18-30/h4-11,14,17,23-24H,12-13,15-16,18-19H2,1-3H3,(H,31,34). The molecule has 2 aliphatic carbocycles. The maximum absolute atomic E-state index is 14.3. The highest BCUT2D eigenvalue weighted by Crippen LogP contribution is 2.47. The quantitative estimate of drug-likeness (QED) is 0.478. The average Bonchev–Trinajstić information content (AvgIpc) is 3.43. The Morgan fingerprint density at radius 3 is 2.43 bits per heavy atom. The van der Waals surface area contributed by atoms with Gasteiger partial charge in [0.15, 0.2) is 0 Å². The number of methoxy groups -OCH3 is 2. The van der Waals surface area contributed by atoms with Crippen LogP contribution in [0.5, 0.6) is 11.5 Å². The molecule has 0 bridgehead atoms. The van der Waals surface area contributed by atoms with Crippen molar-refractivity contribution >= 4 is 17.5 Å². The van der Waals surface area contributed by atoms with Crippen molar-refractivity contribution in [3.63, 3.8) is 0 Å². The lowest BCUT2D eigenvalue weighted by molar-refractivity contribution is -0.150. The molecule has 1 N–H and O–H groups in total. The molecule has 0 aliphatic heterocycles. The SMILES string of the molecule is COc1ccc(NC(=O)C2(N(Cc3ccco3)C(C)=O)CCC3Cc4ccccc4CC3C2)c(OC)c1. The Bertz CT molecular complexity index is 1270. The maximum Gasteiger partial charge on any atom is 0.250 e. The Hall–Kier alpha value is -3.74. The van der Waals surface area contributed by atoms with Gasteiger partial charge in [-0.3, -0.25) is 9.59 Å². The van der Waals surface area contributed by atoms with Gasteiger partial charge in [-0.1, -0.05) is 24.3 Å². The van der Waals surface area contributed by atoms with Crippen LogP contribution in [0.15, 0.2) is 65.3 Å². The van der Waals surface area contributed by atoms with Crippen LogP contribution in [-0.2, 0) is 29.0 Å². The number of ether oxygens (including phenoxy) is 2. The number of amides is 2. The maximum atomic E-state index is 14.3. The lowest BCUT2D eigenvalue weighted by Gasteiger charge is -2.50. The van der Waals surface area contributed by atoms with Crippen LogP contribution in [0.2, 0.25) is 0 Å². The summed E-state index contributed by atoms with van der Waals surface area (Å²) in [6.45, 7) is 1.78. The van der Waals surface area contributed by atoms with Gasteiger partial charge in [0.2, 0.25) is 11.8 Å². The topological polar surface area (TPSA) is 81.0 Å². The molecule has 2 aromatic carbocycles. The summed E-state index contributed by atoms with van der Waals surface area (Å²) in [5.41, 5.74) is 2.28. The summed E-state index contributed by atoms with van der Waals surface area (Å²) < 4.78 is 16.5. The first-order valence-electron chi connectivity index (χ1n) is 12.8. The number of anilines is 1. The molecule has 1 heterocycles. The zero-order valence-electron chi connectivity index (χ0n) is 21.7. The lowest BCUT2D eigenvalue weighted by Crippen LogP contribution is -2.61. The molecule has 7 nitrogen and oxygen atoms in total. The number of carbonyl (C=O) groups excluding carboxylic acids is 2. The molecule has 0 radical (unpaired) electrons. The fourth-order valence-electron chi connectivity index (χ4n) is 6.23. The molecule has 194 valence electrons. The van der Waals surface area contributed by atoms with Crippen LogP contribution in [0.4, 0.5) is 5.69 Å². The molecule has 5 rings (SSSR count). The number of hydrogen-bond acceptors (Lipinski definition) is 5. The molecular formula is C30H34N2O5. The fourth-order valence-corrected chi connectivity index (χ4v) is 6.23. The Labute approximate surface area is 217 Å². The van der Waals surface area contributed by atoms with Crippen molar-refractivity contribution in [2.45, 2.75) is 51.1 Å². The molecule has 3 atom stereocenters. The third kappa shape index (κ3) is 4.82. The van der Waals surface area contributed by atoms with Crippen molar-refractivity contribution in [1.29, 1.82) is 0 Å². The molecule has 1 aromatic heterocycles. The number of rotatable bonds is 7. The van der Waals surface area contributed by atoms with E-state index in [1.54, 1.807) is 49.6 Å². The van der Waals surface area contributed by atoms with Crippen LogP contribution in [0.25, 0.3) is 0 Å². The first kappa shape index (κ1) is 24.9. The number of fused-ring (bicyclic) bond motifs is 2. The molecule has 3 unspecified atom stereocenters. The van der Waals surface area contributed by atoms with Gasteiger partial charge in [0.1, 0.15) is 22.8 Å². The number of nitrogens with one attached hydrogen (secondary N) is 1. The summed E-state index contributed by atoms with van der Waals surface area (Å²) in [5.74, 6) is 2.23. The molecule has 0 spiro atoms. The number of carbonyl (C=O) groups is 2. The van der Waals surface area contributed by atoms with Gasteiger partial charge in [-0.25, -0.2) is 0 Å². The van der Waals surface area contributed by atoms with Gasteiger partial charge in [-0.15, -0.1) is 0 Å². The van der Waals surface area contributed by atoms with Crippen molar-refractivity contribution in [2.24, 2.45) is 11.8 Å². The van der Waals surface area contributed by atoms with Crippen molar-refractivity contribution in [2.75, 3.05) is 19.5 Å². The van der Waals surface area contributed by atoms with E-state index in [1.807, 2.05) is 6.07 Å². The predicted octanol–water partition coefficient (Wildman–Crippen LogP) is 5.24. The summed E-state index contributed by atoms with van der Waals surface area (Å²) in [7, 11) is 3.14. The second kappa shape index (κ2) is 10.3. The van der Waals surface area contributed by atoms with Crippen LogP contribution in [0, 0.1) is 11.8 Å². The van der Waals surface area contributed by atoms with E-state index in [1.165, 1.54) is 18.1 Å². The van der Waals surface area contributed by atoms with Crippen LogP contribution >= 0.6 is 0 Å². The Kier molecular flexibility index (Phi) is 6.96. The van der Waals surface area contributed by atoms with E-state index < -0.39 is 5.54 Å². The minimum Gasteiger partial charge on any atom is -0.497 e. The van der Waals surface area contributed by atoms with E-state index in [0.717, 1.165) is 19.3 Å². The molecule has 2 amide bonds. The molecule has 2 aliphatic rings. The first-order chi connectivity index (χ1) is 17.9.